The molecule has 108 valence electrons. The normalized spacial score (nSPS) is 12.3. The number of nitrogens with one attached hydrogen (secondary N) is 1. The van der Waals surface area contributed by atoms with E-state index >= 15 is 0 Å². The summed E-state index contributed by atoms with van der Waals surface area (Å²) in [7, 11) is 2.13. The fourth-order valence-corrected chi connectivity index (χ4v) is 3.04. The van der Waals surface area contributed by atoms with E-state index in [0.717, 1.165) is 25.3 Å². The van der Waals surface area contributed by atoms with Crippen molar-refractivity contribution in [1.29, 1.82) is 0 Å². The van der Waals surface area contributed by atoms with Crippen molar-refractivity contribution in [2.45, 2.75) is 32.9 Å². The van der Waals surface area contributed by atoms with Crippen molar-refractivity contribution >= 4 is 17.2 Å². The van der Waals surface area contributed by atoms with Crippen LogP contribution in [0.25, 0.3) is 0 Å². The Kier molecular flexibility index (Phi) is 5.56. The zero-order valence-corrected chi connectivity index (χ0v) is 13.3. The van der Waals surface area contributed by atoms with Gasteiger partial charge in [0.2, 0.25) is 0 Å². The molecule has 0 fully saturated rings. The van der Waals surface area contributed by atoms with E-state index in [0.29, 0.717) is 6.04 Å². The van der Waals surface area contributed by atoms with Crippen LogP contribution >= 0.6 is 11.3 Å². The minimum atomic E-state index is 0.434. The molecule has 0 saturated carbocycles. The average molecular weight is 289 g/mol. The molecule has 0 amide bonds. The smallest absolute Gasteiger partial charge is 0.133 e. The molecule has 0 aliphatic heterocycles. The first-order valence-corrected chi connectivity index (χ1v) is 8.00. The van der Waals surface area contributed by atoms with Crippen LogP contribution in [0.1, 0.15) is 24.3 Å². The first kappa shape index (κ1) is 15.0. The Bertz CT molecular complexity index is 510. The number of rotatable bonds is 7. The number of anilines is 1. The van der Waals surface area contributed by atoms with Crippen LogP contribution in [0.5, 0.6) is 0 Å². The van der Waals surface area contributed by atoms with Gasteiger partial charge in [-0.2, -0.15) is 0 Å². The quantitative estimate of drug-likeness (QED) is 0.847. The van der Waals surface area contributed by atoms with Gasteiger partial charge < -0.3 is 10.2 Å². The van der Waals surface area contributed by atoms with Gasteiger partial charge in [0, 0.05) is 42.7 Å². The molecular formula is C16H23N3S. The van der Waals surface area contributed by atoms with Gasteiger partial charge in [-0.3, -0.25) is 0 Å². The molecule has 2 aromatic rings. The van der Waals surface area contributed by atoms with Gasteiger partial charge in [-0.25, -0.2) is 4.98 Å². The lowest BCUT2D eigenvalue weighted by molar-refractivity contribution is 0.666. The van der Waals surface area contributed by atoms with E-state index in [4.69, 9.17) is 0 Å². The molecule has 2 rings (SSSR count). The monoisotopic (exact) mass is 289 g/mol. The lowest BCUT2D eigenvalue weighted by Crippen LogP contribution is -2.32. The maximum absolute atomic E-state index is 4.57. The second kappa shape index (κ2) is 7.41. The zero-order valence-electron chi connectivity index (χ0n) is 12.5. The van der Waals surface area contributed by atoms with E-state index in [1.54, 1.807) is 0 Å². The molecule has 3 nitrogen and oxygen atoms in total. The lowest BCUT2D eigenvalue weighted by Gasteiger charge is -2.27. The largest absolute Gasteiger partial charge is 0.356 e. The average Bonchev–Trinajstić information content (AvgIpc) is 2.97. The van der Waals surface area contributed by atoms with Crippen molar-refractivity contribution < 1.29 is 0 Å². The predicted molar refractivity (Wildman–Crippen MR) is 87.5 cm³/mol. The second-order valence-electron chi connectivity index (χ2n) is 5.01. The molecule has 20 heavy (non-hydrogen) atoms. The summed E-state index contributed by atoms with van der Waals surface area (Å²) in [5.74, 6) is 1.08. The van der Waals surface area contributed by atoms with E-state index in [9.17, 15) is 0 Å². The molecule has 4 heteroatoms. The number of aromatic nitrogens is 1. The minimum absolute atomic E-state index is 0.434. The summed E-state index contributed by atoms with van der Waals surface area (Å²) < 4.78 is 0. The van der Waals surface area contributed by atoms with E-state index in [1.165, 1.54) is 10.4 Å². The topological polar surface area (TPSA) is 28.2 Å². The van der Waals surface area contributed by atoms with Crippen LogP contribution in [0.2, 0.25) is 0 Å². The van der Waals surface area contributed by atoms with Gasteiger partial charge in [0.05, 0.1) is 0 Å². The highest BCUT2D eigenvalue weighted by Crippen LogP contribution is 2.21. The van der Waals surface area contributed by atoms with Crippen molar-refractivity contribution in [3.63, 3.8) is 0 Å². The Morgan fingerprint density at radius 3 is 2.90 bits per heavy atom. The van der Waals surface area contributed by atoms with Gasteiger partial charge in [-0.05, 0) is 31.0 Å². The second-order valence-corrected chi connectivity index (χ2v) is 6.04. The first-order chi connectivity index (χ1) is 9.72. The maximum atomic E-state index is 4.57. The van der Waals surface area contributed by atoms with Gasteiger partial charge in [0.15, 0.2) is 0 Å². The molecule has 0 spiro atoms. The van der Waals surface area contributed by atoms with Crippen molar-refractivity contribution in [1.82, 2.24) is 10.3 Å². The van der Waals surface area contributed by atoms with Gasteiger partial charge in [0.1, 0.15) is 5.82 Å². The number of pyridine rings is 1. The highest BCUT2D eigenvalue weighted by Gasteiger charge is 2.15. The summed E-state index contributed by atoms with van der Waals surface area (Å²) in [4.78, 5) is 8.28. The maximum Gasteiger partial charge on any atom is 0.133 e. The van der Waals surface area contributed by atoms with Crippen molar-refractivity contribution in [3.8, 4) is 0 Å². The molecule has 2 heterocycles. The van der Waals surface area contributed by atoms with Crippen LogP contribution in [0.4, 0.5) is 5.82 Å². The summed E-state index contributed by atoms with van der Waals surface area (Å²) in [5.41, 5.74) is 1.26. The van der Waals surface area contributed by atoms with Crippen molar-refractivity contribution in [2.75, 3.05) is 18.5 Å². The SMILES string of the molecule is CCNCc1cccnc1N(C)C(C)Cc1cccs1. The van der Waals surface area contributed by atoms with Crippen LogP contribution in [-0.2, 0) is 13.0 Å². The summed E-state index contributed by atoms with van der Waals surface area (Å²) in [6, 6.07) is 8.91. The van der Waals surface area contributed by atoms with Crippen LogP contribution in [-0.4, -0.2) is 24.6 Å². The fourth-order valence-electron chi connectivity index (χ4n) is 2.21. The van der Waals surface area contributed by atoms with E-state index in [1.807, 2.05) is 23.6 Å². The molecule has 0 aliphatic rings. The van der Waals surface area contributed by atoms with Crippen molar-refractivity contribution in [2.24, 2.45) is 0 Å². The summed E-state index contributed by atoms with van der Waals surface area (Å²) in [5, 5.41) is 5.52. The Balaban J connectivity index is 2.09. The Morgan fingerprint density at radius 2 is 2.20 bits per heavy atom. The Labute approximate surface area is 125 Å². The number of nitrogens with zero attached hydrogens (tertiary/aromatic N) is 2. The van der Waals surface area contributed by atoms with Crippen LogP contribution in [0.3, 0.4) is 0 Å². The summed E-state index contributed by atoms with van der Waals surface area (Å²) >= 11 is 1.82. The molecule has 1 N–H and O–H groups in total. The molecule has 0 bridgehead atoms. The molecule has 0 radical (unpaired) electrons. The zero-order chi connectivity index (χ0) is 14.4. The van der Waals surface area contributed by atoms with Crippen LogP contribution in [0, 0.1) is 0 Å². The van der Waals surface area contributed by atoms with E-state index in [-0.39, 0.29) is 0 Å². The number of hydrogen-bond acceptors (Lipinski definition) is 4. The first-order valence-electron chi connectivity index (χ1n) is 7.12. The molecule has 1 unspecified atom stereocenters. The van der Waals surface area contributed by atoms with E-state index < -0.39 is 0 Å². The molecule has 1 atom stereocenters. The Hall–Kier alpha value is -1.39. The number of hydrogen-bond donors (Lipinski definition) is 1. The van der Waals surface area contributed by atoms with Crippen LogP contribution in [0.15, 0.2) is 35.8 Å². The lowest BCUT2D eigenvalue weighted by atomic mass is 10.1. The standard InChI is InChI=1S/C16H23N3S/c1-4-17-12-14-7-5-9-18-16(14)19(3)13(2)11-15-8-6-10-20-15/h5-10,13,17H,4,11-12H2,1-3H3. The molecule has 0 aliphatic carbocycles. The summed E-state index contributed by atoms with van der Waals surface area (Å²) in [6.07, 6.45) is 2.94. The Morgan fingerprint density at radius 1 is 1.35 bits per heavy atom. The number of likely N-dealkylation sites (N-methyl/N-ethyl adjacent to an activating group) is 1. The third kappa shape index (κ3) is 3.81. The van der Waals surface area contributed by atoms with Crippen molar-refractivity contribution in [3.05, 3.63) is 46.3 Å². The highest BCUT2D eigenvalue weighted by molar-refractivity contribution is 7.09. The predicted octanol–water partition coefficient (Wildman–Crippen LogP) is 3.32. The highest BCUT2D eigenvalue weighted by atomic mass is 32.1. The third-order valence-electron chi connectivity index (χ3n) is 3.50. The fraction of sp³-hybridized carbons (Fsp3) is 0.438. The molecule has 0 aromatic carbocycles. The van der Waals surface area contributed by atoms with Gasteiger partial charge in [0.25, 0.3) is 0 Å². The van der Waals surface area contributed by atoms with Crippen LogP contribution < -0.4 is 10.2 Å². The molecule has 2 aromatic heterocycles. The minimum Gasteiger partial charge on any atom is -0.356 e. The molecular weight excluding hydrogens is 266 g/mol. The van der Waals surface area contributed by atoms with Gasteiger partial charge in [-0.1, -0.05) is 19.1 Å². The number of thiophene rings is 1. The summed E-state index contributed by atoms with van der Waals surface area (Å²) in [6.45, 7) is 6.23. The van der Waals surface area contributed by atoms with Gasteiger partial charge in [-0.15, -0.1) is 11.3 Å². The third-order valence-corrected chi connectivity index (χ3v) is 4.40. The van der Waals surface area contributed by atoms with E-state index in [2.05, 4.69) is 59.7 Å². The molecule has 0 saturated heterocycles. The van der Waals surface area contributed by atoms with Gasteiger partial charge >= 0.3 is 0 Å².